The number of piperidine rings is 1. The summed E-state index contributed by atoms with van der Waals surface area (Å²) in [5, 5.41) is 6.73. The summed E-state index contributed by atoms with van der Waals surface area (Å²) in [6, 6.07) is 11.1. The van der Waals surface area contributed by atoms with E-state index in [1.165, 1.54) is 31.1 Å². The summed E-state index contributed by atoms with van der Waals surface area (Å²) in [5.41, 5.74) is 1.35. The minimum absolute atomic E-state index is 0.0534. The van der Waals surface area contributed by atoms with Gasteiger partial charge in [-0.25, -0.2) is 8.42 Å². The molecule has 0 aliphatic carbocycles. The van der Waals surface area contributed by atoms with Crippen molar-refractivity contribution in [3.05, 3.63) is 35.9 Å². The molecule has 152 valence electrons. The van der Waals surface area contributed by atoms with Gasteiger partial charge in [-0.15, -0.1) is 0 Å². The van der Waals surface area contributed by atoms with Gasteiger partial charge in [0.05, 0.1) is 5.75 Å². The van der Waals surface area contributed by atoms with Crippen LogP contribution in [0.15, 0.2) is 35.3 Å². The lowest BCUT2D eigenvalue weighted by Crippen LogP contribution is -2.50. The fraction of sp³-hybridized carbons (Fsp3) is 0.650. The van der Waals surface area contributed by atoms with Crippen LogP contribution >= 0.6 is 0 Å². The van der Waals surface area contributed by atoms with Crippen LogP contribution in [0.2, 0.25) is 0 Å². The van der Waals surface area contributed by atoms with Gasteiger partial charge in [0.1, 0.15) is 9.84 Å². The summed E-state index contributed by atoms with van der Waals surface area (Å²) in [6.07, 6.45) is 5.54. The zero-order valence-corrected chi connectivity index (χ0v) is 17.6. The fourth-order valence-corrected chi connectivity index (χ4v) is 4.20. The molecule has 0 saturated carbocycles. The molecule has 2 unspecified atom stereocenters. The predicted octanol–water partition coefficient (Wildman–Crippen LogP) is 2.03. The molecule has 7 heteroatoms. The van der Waals surface area contributed by atoms with Crippen molar-refractivity contribution in [2.45, 2.75) is 51.2 Å². The van der Waals surface area contributed by atoms with Crippen molar-refractivity contribution in [1.82, 2.24) is 15.5 Å². The Kier molecular flexibility index (Phi) is 8.57. The predicted molar refractivity (Wildman–Crippen MR) is 113 cm³/mol. The standard InChI is InChI=1S/C20H34N4O2S/c1-17(12-14-27(3,25)26)23-20(21-2)22-15-19-11-7-8-13-24(19)16-18-9-5-4-6-10-18/h4-6,9-10,17,19H,7-8,11-16H2,1-3H3,(H2,21,22,23). The molecule has 0 radical (unpaired) electrons. The van der Waals surface area contributed by atoms with E-state index >= 15 is 0 Å². The van der Waals surface area contributed by atoms with E-state index in [0.717, 1.165) is 25.6 Å². The molecule has 1 saturated heterocycles. The van der Waals surface area contributed by atoms with Gasteiger partial charge in [0.2, 0.25) is 0 Å². The van der Waals surface area contributed by atoms with Crippen molar-refractivity contribution >= 4 is 15.8 Å². The zero-order chi connectivity index (χ0) is 19.7. The van der Waals surface area contributed by atoms with Gasteiger partial charge < -0.3 is 10.6 Å². The van der Waals surface area contributed by atoms with Crippen LogP contribution in [0.4, 0.5) is 0 Å². The van der Waals surface area contributed by atoms with Crippen molar-refractivity contribution in [2.75, 3.05) is 32.1 Å². The van der Waals surface area contributed by atoms with Crippen LogP contribution in [-0.4, -0.2) is 63.5 Å². The molecule has 27 heavy (non-hydrogen) atoms. The maximum atomic E-state index is 11.3. The molecule has 1 heterocycles. The van der Waals surface area contributed by atoms with Crippen LogP contribution in [0.5, 0.6) is 0 Å². The summed E-state index contributed by atoms with van der Waals surface area (Å²) in [4.78, 5) is 6.84. The lowest BCUT2D eigenvalue weighted by atomic mass is 10.0. The lowest BCUT2D eigenvalue weighted by molar-refractivity contribution is 0.141. The number of aliphatic imine (C=N–C) groups is 1. The zero-order valence-electron chi connectivity index (χ0n) is 16.8. The Morgan fingerprint density at radius 1 is 1.30 bits per heavy atom. The molecule has 1 aliphatic heterocycles. The third kappa shape index (κ3) is 8.30. The van der Waals surface area contributed by atoms with E-state index in [0.29, 0.717) is 12.5 Å². The Hall–Kier alpha value is -1.60. The molecule has 0 spiro atoms. The largest absolute Gasteiger partial charge is 0.355 e. The first-order valence-corrected chi connectivity index (χ1v) is 11.9. The average Bonchev–Trinajstić information content (AvgIpc) is 2.65. The van der Waals surface area contributed by atoms with E-state index in [9.17, 15) is 8.42 Å². The minimum Gasteiger partial charge on any atom is -0.355 e. The molecule has 2 rings (SSSR count). The second-order valence-corrected chi connectivity index (χ2v) is 9.78. The highest BCUT2D eigenvalue weighted by molar-refractivity contribution is 7.90. The monoisotopic (exact) mass is 394 g/mol. The highest BCUT2D eigenvalue weighted by Crippen LogP contribution is 2.19. The molecular formula is C20H34N4O2S. The second kappa shape index (κ2) is 10.7. The summed E-state index contributed by atoms with van der Waals surface area (Å²) < 4.78 is 22.7. The first-order chi connectivity index (χ1) is 12.9. The Morgan fingerprint density at radius 3 is 2.70 bits per heavy atom. The number of likely N-dealkylation sites (tertiary alicyclic amines) is 1. The van der Waals surface area contributed by atoms with Crippen LogP contribution in [0.1, 0.15) is 38.2 Å². The Bertz CT molecular complexity index is 691. The van der Waals surface area contributed by atoms with Gasteiger partial charge in [-0.2, -0.15) is 0 Å². The molecule has 1 aromatic rings. The normalized spacial score (nSPS) is 20.3. The smallest absolute Gasteiger partial charge is 0.191 e. The highest BCUT2D eigenvalue weighted by atomic mass is 32.2. The van der Waals surface area contributed by atoms with Crippen molar-refractivity contribution in [3.8, 4) is 0 Å². The van der Waals surface area contributed by atoms with Gasteiger partial charge in [0.15, 0.2) is 5.96 Å². The molecule has 1 fully saturated rings. The van der Waals surface area contributed by atoms with Crippen LogP contribution in [0.3, 0.4) is 0 Å². The number of rotatable bonds is 8. The molecular weight excluding hydrogens is 360 g/mol. The topological polar surface area (TPSA) is 73.8 Å². The number of nitrogens with one attached hydrogen (secondary N) is 2. The van der Waals surface area contributed by atoms with E-state index in [4.69, 9.17) is 0 Å². The number of hydrogen-bond donors (Lipinski definition) is 2. The van der Waals surface area contributed by atoms with Crippen LogP contribution in [0.25, 0.3) is 0 Å². The molecule has 6 nitrogen and oxygen atoms in total. The minimum atomic E-state index is -2.94. The third-order valence-corrected chi connectivity index (χ3v) is 5.99. The van der Waals surface area contributed by atoms with E-state index in [1.807, 2.05) is 6.92 Å². The van der Waals surface area contributed by atoms with Crippen molar-refractivity contribution in [2.24, 2.45) is 4.99 Å². The van der Waals surface area contributed by atoms with E-state index < -0.39 is 9.84 Å². The summed E-state index contributed by atoms with van der Waals surface area (Å²) in [7, 11) is -1.18. The fourth-order valence-electron chi connectivity index (χ4n) is 3.42. The van der Waals surface area contributed by atoms with Crippen molar-refractivity contribution in [1.29, 1.82) is 0 Å². The van der Waals surface area contributed by atoms with Crippen LogP contribution in [0, 0.1) is 0 Å². The molecule has 0 amide bonds. The van der Waals surface area contributed by atoms with Gasteiger partial charge in [-0.1, -0.05) is 36.8 Å². The number of hydrogen-bond acceptors (Lipinski definition) is 4. The number of guanidine groups is 1. The summed E-state index contributed by atoms with van der Waals surface area (Å²) in [6.45, 7) is 4.92. The van der Waals surface area contributed by atoms with E-state index in [1.54, 1.807) is 7.05 Å². The molecule has 0 bridgehead atoms. The average molecular weight is 395 g/mol. The maximum Gasteiger partial charge on any atom is 0.191 e. The molecule has 2 N–H and O–H groups in total. The molecule has 1 aliphatic rings. The number of benzene rings is 1. The summed E-state index contributed by atoms with van der Waals surface area (Å²) in [5.74, 6) is 0.923. The first kappa shape index (κ1) is 21.7. The summed E-state index contributed by atoms with van der Waals surface area (Å²) >= 11 is 0. The van der Waals surface area contributed by atoms with Crippen LogP contribution in [-0.2, 0) is 16.4 Å². The first-order valence-electron chi connectivity index (χ1n) is 9.80. The van der Waals surface area contributed by atoms with Crippen LogP contribution < -0.4 is 10.6 Å². The maximum absolute atomic E-state index is 11.3. The Labute approximate surface area is 164 Å². The molecule has 1 aromatic carbocycles. The van der Waals surface area contributed by atoms with Crippen molar-refractivity contribution in [3.63, 3.8) is 0 Å². The van der Waals surface area contributed by atoms with Gasteiger partial charge in [0.25, 0.3) is 0 Å². The van der Waals surface area contributed by atoms with E-state index in [-0.39, 0.29) is 11.8 Å². The highest BCUT2D eigenvalue weighted by Gasteiger charge is 2.22. The van der Waals surface area contributed by atoms with E-state index in [2.05, 4.69) is 50.9 Å². The SMILES string of the molecule is CN=C(NCC1CCCCN1Cc1ccccc1)NC(C)CCS(C)(=O)=O. The lowest BCUT2D eigenvalue weighted by Gasteiger charge is -2.36. The Morgan fingerprint density at radius 2 is 2.04 bits per heavy atom. The number of nitrogens with zero attached hydrogens (tertiary/aromatic N) is 2. The van der Waals surface area contributed by atoms with Gasteiger partial charge in [0, 0.05) is 38.5 Å². The quantitative estimate of drug-likeness (QED) is 0.521. The number of sulfone groups is 1. The third-order valence-electron chi connectivity index (χ3n) is 5.01. The van der Waals surface area contributed by atoms with Gasteiger partial charge >= 0.3 is 0 Å². The van der Waals surface area contributed by atoms with Crippen molar-refractivity contribution < 1.29 is 8.42 Å². The van der Waals surface area contributed by atoms with Gasteiger partial charge in [-0.3, -0.25) is 9.89 Å². The molecule has 2 atom stereocenters. The second-order valence-electron chi connectivity index (χ2n) is 7.52. The molecule has 0 aromatic heterocycles. The Balaban J connectivity index is 1.84. The van der Waals surface area contributed by atoms with Gasteiger partial charge in [-0.05, 0) is 38.3 Å².